The van der Waals surface area contributed by atoms with Gasteiger partial charge in [0.15, 0.2) is 5.65 Å². The van der Waals surface area contributed by atoms with E-state index < -0.39 is 11.3 Å². The predicted octanol–water partition coefficient (Wildman–Crippen LogP) is 4.46. The summed E-state index contributed by atoms with van der Waals surface area (Å²) < 4.78 is 28.1. The average Bonchev–Trinajstić information content (AvgIpc) is 3.58. The fraction of sp³-hybridized carbons (Fsp3) is 0.391. The number of rotatable bonds is 7. The van der Waals surface area contributed by atoms with Gasteiger partial charge in [0.2, 0.25) is 0 Å². The number of fused-ring (bicyclic) bond motifs is 1. The van der Waals surface area contributed by atoms with Gasteiger partial charge in [-0.05, 0) is 43.0 Å². The molecule has 31 heavy (non-hydrogen) atoms. The van der Waals surface area contributed by atoms with Gasteiger partial charge in [0, 0.05) is 25.1 Å². The van der Waals surface area contributed by atoms with Gasteiger partial charge in [0.1, 0.15) is 11.6 Å². The van der Waals surface area contributed by atoms with Crippen LogP contribution in [0.4, 0.5) is 14.6 Å². The summed E-state index contributed by atoms with van der Waals surface area (Å²) in [6, 6.07) is 10.7. The number of pyridine rings is 1. The van der Waals surface area contributed by atoms with Gasteiger partial charge in [-0.25, -0.2) is 23.7 Å². The summed E-state index contributed by atoms with van der Waals surface area (Å²) in [7, 11) is 0. The average molecular weight is 422 g/mol. The van der Waals surface area contributed by atoms with Crippen molar-refractivity contribution in [2.75, 3.05) is 5.32 Å². The third kappa shape index (κ3) is 3.93. The number of anilines is 1. The summed E-state index contributed by atoms with van der Waals surface area (Å²) in [5, 5.41) is 13.6. The molecule has 2 heterocycles. The number of aryl methyl sites for hydroxylation is 1. The summed E-state index contributed by atoms with van der Waals surface area (Å²) in [6.07, 6.45) is 1.30. The monoisotopic (exact) mass is 422 g/mol. The van der Waals surface area contributed by atoms with E-state index in [1.54, 1.807) is 19.1 Å². The molecule has 0 spiro atoms. The van der Waals surface area contributed by atoms with Gasteiger partial charge >= 0.3 is 0 Å². The van der Waals surface area contributed by atoms with Crippen molar-refractivity contribution in [2.24, 2.45) is 5.73 Å². The van der Waals surface area contributed by atoms with Gasteiger partial charge in [-0.15, -0.1) is 0 Å². The number of hydrogen-bond donors (Lipinski definition) is 2. The van der Waals surface area contributed by atoms with Crippen molar-refractivity contribution >= 4 is 16.9 Å². The lowest BCUT2D eigenvalue weighted by atomic mass is 9.94. The van der Waals surface area contributed by atoms with Crippen LogP contribution in [0.5, 0.6) is 0 Å². The molecule has 1 aliphatic rings. The van der Waals surface area contributed by atoms with Crippen LogP contribution >= 0.6 is 0 Å². The molecule has 1 aromatic carbocycles. The van der Waals surface area contributed by atoms with E-state index in [0.29, 0.717) is 34.9 Å². The smallest absolute Gasteiger partial charge is 0.273 e. The first-order valence-corrected chi connectivity index (χ1v) is 10.3. The summed E-state index contributed by atoms with van der Waals surface area (Å²) in [5.41, 5.74) is 8.07. The highest BCUT2D eigenvalue weighted by Crippen LogP contribution is 2.49. The molecule has 6 nitrogen and oxygen atoms in total. The molecule has 3 aromatic rings. The van der Waals surface area contributed by atoms with E-state index in [2.05, 4.69) is 26.3 Å². The lowest BCUT2D eigenvalue weighted by molar-refractivity contribution is -0.00835. The van der Waals surface area contributed by atoms with Crippen LogP contribution in [-0.4, -0.2) is 15.0 Å². The Balaban J connectivity index is 1.71. The van der Waals surface area contributed by atoms with Crippen LogP contribution < -0.4 is 11.1 Å². The molecule has 0 amide bonds. The molecule has 8 heteroatoms. The van der Waals surface area contributed by atoms with Gasteiger partial charge in [0.25, 0.3) is 5.92 Å². The van der Waals surface area contributed by atoms with Crippen LogP contribution in [0, 0.1) is 18.3 Å². The number of alkyl halides is 2. The van der Waals surface area contributed by atoms with E-state index in [0.717, 1.165) is 24.0 Å². The van der Waals surface area contributed by atoms with E-state index in [1.807, 2.05) is 6.07 Å². The maximum Gasteiger partial charge on any atom is 0.273 e. The van der Waals surface area contributed by atoms with E-state index in [4.69, 9.17) is 5.73 Å². The van der Waals surface area contributed by atoms with Crippen LogP contribution in [0.1, 0.15) is 54.4 Å². The molecule has 0 atom stereocenters. The topological polar surface area (TPSA) is 101 Å². The molecular formula is C23H24F2N6. The van der Waals surface area contributed by atoms with Crippen molar-refractivity contribution in [1.29, 1.82) is 5.26 Å². The van der Waals surface area contributed by atoms with E-state index in [-0.39, 0.29) is 18.5 Å². The third-order valence-corrected chi connectivity index (χ3v) is 5.80. The fourth-order valence-corrected chi connectivity index (χ4v) is 3.77. The lowest BCUT2D eigenvalue weighted by Crippen LogP contribution is -2.14. The number of aromatic nitrogens is 3. The highest BCUT2D eigenvalue weighted by molar-refractivity contribution is 5.87. The Labute approximate surface area is 179 Å². The van der Waals surface area contributed by atoms with Gasteiger partial charge in [0.05, 0.1) is 22.6 Å². The SMILES string of the molecule is CCC(F)(F)c1cccc(CNc2nc(C)nc3nc(CN)c(C4(C#N)CC4)cc23)c1. The Kier molecular flexibility index (Phi) is 5.31. The molecule has 0 aliphatic heterocycles. The van der Waals surface area contributed by atoms with Crippen molar-refractivity contribution in [3.8, 4) is 6.07 Å². The Morgan fingerprint density at radius 3 is 2.65 bits per heavy atom. The minimum Gasteiger partial charge on any atom is -0.365 e. The quantitative estimate of drug-likeness (QED) is 0.583. The number of nitrogens with two attached hydrogens (primary N) is 1. The Morgan fingerprint density at radius 2 is 2.00 bits per heavy atom. The predicted molar refractivity (Wildman–Crippen MR) is 114 cm³/mol. The standard InChI is InChI=1S/C23H24F2N6/c1-3-23(24,25)16-6-4-5-15(9-16)12-28-20-17-10-18(22(13-27)7-8-22)19(11-26)31-21(17)30-14(2)29-20/h4-6,9-10H,3,7-8,11-12,26H2,1-2H3,(H,28,29,30,31). The van der Waals surface area contributed by atoms with E-state index in [1.165, 1.54) is 19.1 Å². The molecule has 3 N–H and O–H groups in total. The number of halogens is 2. The first-order chi connectivity index (χ1) is 14.8. The van der Waals surface area contributed by atoms with Crippen molar-refractivity contribution in [3.63, 3.8) is 0 Å². The normalized spacial score (nSPS) is 15.0. The van der Waals surface area contributed by atoms with Gasteiger partial charge < -0.3 is 11.1 Å². The minimum atomic E-state index is -2.86. The van der Waals surface area contributed by atoms with Crippen LogP contribution in [-0.2, 0) is 24.4 Å². The van der Waals surface area contributed by atoms with Gasteiger partial charge in [-0.2, -0.15) is 5.26 Å². The van der Waals surface area contributed by atoms with Crippen molar-refractivity contribution in [1.82, 2.24) is 15.0 Å². The van der Waals surface area contributed by atoms with E-state index in [9.17, 15) is 14.0 Å². The summed E-state index contributed by atoms with van der Waals surface area (Å²) >= 11 is 0. The van der Waals surface area contributed by atoms with Crippen LogP contribution in [0.25, 0.3) is 11.0 Å². The molecule has 0 bridgehead atoms. The zero-order valence-electron chi connectivity index (χ0n) is 17.5. The molecule has 160 valence electrons. The van der Waals surface area contributed by atoms with Crippen molar-refractivity contribution in [2.45, 2.75) is 57.5 Å². The number of hydrogen-bond acceptors (Lipinski definition) is 6. The fourth-order valence-electron chi connectivity index (χ4n) is 3.77. The Hall–Kier alpha value is -3.18. The van der Waals surface area contributed by atoms with Crippen molar-refractivity contribution < 1.29 is 8.78 Å². The molecule has 0 radical (unpaired) electrons. The third-order valence-electron chi connectivity index (χ3n) is 5.80. The molecule has 0 unspecified atom stereocenters. The summed E-state index contributed by atoms with van der Waals surface area (Å²) in [5.74, 6) is -1.77. The maximum absolute atomic E-state index is 14.1. The first-order valence-electron chi connectivity index (χ1n) is 10.3. The second-order valence-electron chi connectivity index (χ2n) is 7.98. The first kappa shape index (κ1) is 21.1. The zero-order chi connectivity index (χ0) is 22.2. The molecule has 2 aromatic heterocycles. The second kappa shape index (κ2) is 7.82. The molecule has 1 saturated carbocycles. The van der Waals surface area contributed by atoms with E-state index >= 15 is 0 Å². The molecular weight excluding hydrogens is 398 g/mol. The number of nitrogens with one attached hydrogen (secondary N) is 1. The minimum absolute atomic E-state index is 0.000683. The molecule has 1 aliphatic carbocycles. The number of benzene rings is 1. The summed E-state index contributed by atoms with van der Waals surface area (Å²) in [6.45, 7) is 3.77. The van der Waals surface area contributed by atoms with Crippen LogP contribution in [0.15, 0.2) is 30.3 Å². The Bertz CT molecular complexity index is 1180. The molecule has 4 rings (SSSR count). The largest absolute Gasteiger partial charge is 0.365 e. The number of nitrogens with zero attached hydrogens (tertiary/aromatic N) is 4. The lowest BCUT2D eigenvalue weighted by Gasteiger charge is -2.17. The number of nitriles is 1. The highest BCUT2D eigenvalue weighted by atomic mass is 19.3. The van der Waals surface area contributed by atoms with Crippen LogP contribution in [0.3, 0.4) is 0 Å². The van der Waals surface area contributed by atoms with Gasteiger partial charge in [-0.3, -0.25) is 0 Å². The zero-order valence-corrected chi connectivity index (χ0v) is 17.5. The maximum atomic E-state index is 14.1. The van der Waals surface area contributed by atoms with Gasteiger partial charge in [-0.1, -0.05) is 25.1 Å². The van der Waals surface area contributed by atoms with Crippen molar-refractivity contribution in [3.05, 3.63) is 58.5 Å². The molecule has 1 fully saturated rings. The highest BCUT2D eigenvalue weighted by Gasteiger charge is 2.46. The van der Waals surface area contributed by atoms with Crippen LogP contribution in [0.2, 0.25) is 0 Å². The second-order valence-corrected chi connectivity index (χ2v) is 7.98. The summed E-state index contributed by atoms with van der Waals surface area (Å²) in [4.78, 5) is 13.5. The molecule has 0 saturated heterocycles. The Morgan fingerprint density at radius 1 is 1.23 bits per heavy atom.